The molecule has 2 N–H and O–H groups in total. The first-order chi connectivity index (χ1) is 6.69. The minimum atomic E-state index is -0.399. The Bertz CT molecular complexity index is 369. The molecule has 0 atom stereocenters. The number of nitrogens with two attached hydrogens (primary N) is 1. The first-order valence-corrected chi connectivity index (χ1v) is 4.63. The van der Waals surface area contributed by atoms with E-state index >= 15 is 0 Å². The van der Waals surface area contributed by atoms with Crippen LogP contribution >= 0.6 is 0 Å². The number of ether oxygens (including phenoxy) is 1. The molecule has 0 bridgehead atoms. The SMILES string of the molecule is COC(=O)C1(c2cccc(N)c2)CC1. The van der Waals surface area contributed by atoms with Gasteiger partial charge >= 0.3 is 5.97 Å². The Morgan fingerprint density at radius 3 is 2.71 bits per heavy atom. The average Bonchev–Trinajstić information content (AvgIpc) is 2.97. The molecule has 1 aliphatic rings. The van der Waals surface area contributed by atoms with Gasteiger partial charge in [0.15, 0.2) is 0 Å². The summed E-state index contributed by atoms with van der Waals surface area (Å²) in [5, 5.41) is 0. The van der Waals surface area contributed by atoms with Crippen molar-refractivity contribution in [1.29, 1.82) is 0 Å². The Morgan fingerprint density at radius 1 is 1.50 bits per heavy atom. The van der Waals surface area contributed by atoms with E-state index in [0.717, 1.165) is 18.4 Å². The third kappa shape index (κ3) is 1.25. The van der Waals surface area contributed by atoms with Gasteiger partial charge in [0, 0.05) is 5.69 Å². The summed E-state index contributed by atoms with van der Waals surface area (Å²) in [6.45, 7) is 0. The van der Waals surface area contributed by atoms with Crippen LogP contribution in [0.1, 0.15) is 18.4 Å². The Hall–Kier alpha value is -1.51. The summed E-state index contributed by atoms with van der Waals surface area (Å²) in [5.74, 6) is -0.150. The van der Waals surface area contributed by atoms with Crippen molar-refractivity contribution >= 4 is 11.7 Å². The molecule has 1 fully saturated rings. The number of hydrogen-bond donors (Lipinski definition) is 1. The normalized spacial score (nSPS) is 17.5. The van der Waals surface area contributed by atoms with E-state index in [1.165, 1.54) is 7.11 Å². The third-order valence-electron chi connectivity index (χ3n) is 2.77. The molecule has 3 heteroatoms. The van der Waals surface area contributed by atoms with Crippen LogP contribution in [0.3, 0.4) is 0 Å². The average molecular weight is 191 g/mol. The van der Waals surface area contributed by atoms with E-state index in [-0.39, 0.29) is 5.97 Å². The molecule has 0 spiro atoms. The monoisotopic (exact) mass is 191 g/mol. The van der Waals surface area contributed by atoms with E-state index in [4.69, 9.17) is 10.5 Å². The van der Waals surface area contributed by atoms with Gasteiger partial charge in [-0.15, -0.1) is 0 Å². The Kier molecular flexibility index (Phi) is 1.95. The molecule has 0 amide bonds. The number of methoxy groups -OCH3 is 1. The molecule has 1 saturated carbocycles. The summed E-state index contributed by atoms with van der Waals surface area (Å²) < 4.78 is 4.79. The molecule has 0 aliphatic heterocycles. The number of anilines is 1. The van der Waals surface area contributed by atoms with Crippen molar-refractivity contribution in [1.82, 2.24) is 0 Å². The number of rotatable bonds is 2. The first-order valence-electron chi connectivity index (χ1n) is 4.63. The van der Waals surface area contributed by atoms with E-state index in [1.54, 1.807) is 0 Å². The molecule has 74 valence electrons. The summed E-state index contributed by atoms with van der Waals surface area (Å²) in [5.41, 5.74) is 6.94. The van der Waals surface area contributed by atoms with Gasteiger partial charge in [0.1, 0.15) is 0 Å². The maximum absolute atomic E-state index is 11.5. The summed E-state index contributed by atoms with van der Waals surface area (Å²) in [7, 11) is 1.43. The van der Waals surface area contributed by atoms with Crippen LogP contribution in [0.2, 0.25) is 0 Å². The van der Waals surface area contributed by atoms with Gasteiger partial charge in [-0.2, -0.15) is 0 Å². The fourth-order valence-electron chi connectivity index (χ4n) is 1.77. The smallest absolute Gasteiger partial charge is 0.316 e. The Labute approximate surface area is 82.9 Å². The topological polar surface area (TPSA) is 52.3 Å². The quantitative estimate of drug-likeness (QED) is 0.569. The Balaban J connectivity index is 2.35. The molecule has 2 rings (SSSR count). The number of carbonyl (C=O) groups is 1. The summed E-state index contributed by atoms with van der Waals surface area (Å²) in [4.78, 5) is 11.5. The van der Waals surface area contributed by atoms with Gasteiger partial charge in [0.05, 0.1) is 12.5 Å². The van der Waals surface area contributed by atoms with Crippen LogP contribution in [-0.4, -0.2) is 13.1 Å². The highest BCUT2D eigenvalue weighted by Gasteiger charge is 2.52. The minimum Gasteiger partial charge on any atom is -0.468 e. The van der Waals surface area contributed by atoms with Crippen LogP contribution < -0.4 is 5.73 Å². The van der Waals surface area contributed by atoms with Gasteiger partial charge in [-0.3, -0.25) is 4.79 Å². The van der Waals surface area contributed by atoms with E-state index < -0.39 is 5.41 Å². The van der Waals surface area contributed by atoms with Crippen molar-refractivity contribution in [3.63, 3.8) is 0 Å². The van der Waals surface area contributed by atoms with Crippen LogP contribution in [0, 0.1) is 0 Å². The molecule has 0 heterocycles. The fourth-order valence-corrected chi connectivity index (χ4v) is 1.77. The van der Waals surface area contributed by atoms with Crippen molar-refractivity contribution in [2.75, 3.05) is 12.8 Å². The molecule has 14 heavy (non-hydrogen) atoms. The van der Waals surface area contributed by atoms with Crippen molar-refractivity contribution in [2.24, 2.45) is 0 Å². The van der Waals surface area contributed by atoms with Gasteiger partial charge in [-0.1, -0.05) is 12.1 Å². The van der Waals surface area contributed by atoms with Crippen LogP contribution in [-0.2, 0) is 14.9 Å². The van der Waals surface area contributed by atoms with Crippen LogP contribution in [0.25, 0.3) is 0 Å². The molecular formula is C11H13NO2. The zero-order chi connectivity index (χ0) is 10.2. The summed E-state index contributed by atoms with van der Waals surface area (Å²) in [6.07, 6.45) is 1.73. The lowest BCUT2D eigenvalue weighted by atomic mass is 9.96. The number of carbonyl (C=O) groups excluding carboxylic acids is 1. The van der Waals surface area contributed by atoms with Gasteiger partial charge in [0.2, 0.25) is 0 Å². The van der Waals surface area contributed by atoms with Crippen LogP contribution in [0.4, 0.5) is 5.69 Å². The van der Waals surface area contributed by atoms with Gasteiger partial charge in [-0.25, -0.2) is 0 Å². The third-order valence-corrected chi connectivity index (χ3v) is 2.77. The van der Waals surface area contributed by atoms with Crippen LogP contribution in [0.15, 0.2) is 24.3 Å². The molecule has 0 radical (unpaired) electrons. The number of hydrogen-bond acceptors (Lipinski definition) is 3. The maximum Gasteiger partial charge on any atom is 0.316 e. The lowest BCUT2D eigenvalue weighted by Gasteiger charge is -2.12. The highest BCUT2D eigenvalue weighted by Crippen LogP contribution is 2.49. The standard InChI is InChI=1S/C11H13NO2/c1-14-10(13)11(5-6-11)8-3-2-4-9(12)7-8/h2-4,7H,5-6,12H2,1H3. The zero-order valence-corrected chi connectivity index (χ0v) is 8.12. The molecular weight excluding hydrogens is 178 g/mol. The lowest BCUT2D eigenvalue weighted by Crippen LogP contribution is -2.21. The summed E-state index contributed by atoms with van der Waals surface area (Å²) in [6, 6.07) is 7.47. The predicted molar refractivity (Wildman–Crippen MR) is 53.8 cm³/mol. The Morgan fingerprint density at radius 2 is 2.21 bits per heavy atom. The first kappa shape index (κ1) is 9.06. The van der Waals surface area contributed by atoms with E-state index in [9.17, 15) is 4.79 Å². The highest BCUT2D eigenvalue weighted by molar-refractivity contribution is 5.86. The molecule has 1 aromatic carbocycles. The number of nitrogen functional groups attached to an aromatic ring is 1. The molecule has 3 nitrogen and oxygen atoms in total. The van der Waals surface area contributed by atoms with Gasteiger partial charge in [-0.05, 0) is 30.5 Å². The van der Waals surface area contributed by atoms with Crippen molar-refractivity contribution in [2.45, 2.75) is 18.3 Å². The molecule has 0 aromatic heterocycles. The second kappa shape index (κ2) is 3.01. The lowest BCUT2D eigenvalue weighted by molar-refractivity contribution is -0.143. The molecule has 1 aromatic rings. The fraction of sp³-hybridized carbons (Fsp3) is 0.364. The second-order valence-electron chi connectivity index (χ2n) is 3.70. The highest BCUT2D eigenvalue weighted by atomic mass is 16.5. The van der Waals surface area contributed by atoms with Crippen LogP contribution in [0.5, 0.6) is 0 Å². The minimum absolute atomic E-state index is 0.150. The molecule has 0 unspecified atom stereocenters. The number of esters is 1. The van der Waals surface area contributed by atoms with Gasteiger partial charge < -0.3 is 10.5 Å². The molecule has 0 saturated heterocycles. The van der Waals surface area contributed by atoms with E-state index in [0.29, 0.717) is 5.69 Å². The predicted octanol–water partition coefficient (Wildman–Crippen LogP) is 1.47. The van der Waals surface area contributed by atoms with E-state index in [1.807, 2.05) is 24.3 Å². The summed E-state index contributed by atoms with van der Waals surface area (Å²) >= 11 is 0. The van der Waals surface area contributed by atoms with Crippen molar-refractivity contribution < 1.29 is 9.53 Å². The largest absolute Gasteiger partial charge is 0.468 e. The van der Waals surface area contributed by atoms with Gasteiger partial charge in [0.25, 0.3) is 0 Å². The second-order valence-corrected chi connectivity index (χ2v) is 3.70. The number of benzene rings is 1. The van der Waals surface area contributed by atoms with Crippen molar-refractivity contribution in [3.05, 3.63) is 29.8 Å². The maximum atomic E-state index is 11.5. The van der Waals surface area contributed by atoms with E-state index in [2.05, 4.69) is 0 Å². The zero-order valence-electron chi connectivity index (χ0n) is 8.12. The van der Waals surface area contributed by atoms with Crippen molar-refractivity contribution in [3.8, 4) is 0 Å². The molecule has 1 aliphatic carbocycles.